The lowest BCUT2D eigenvalue weighted by molar-refractivity contribution is -0.131. The third-order valence-electron chi connectivity index (χ3n) is 5.41. The predicted octanol–water partition coefficient (Wildman–Crippen LogP) is 2.23. The molecule has 1 amide bonds. The van der Waals surface area contributed by atoms with Crippen LogP contribution in [-0.4, -0.2) is 71.7 Å². The van der Waals surface area contributed by atoms with Crippen LogP contribution in [0.3, 0.4) is 0 Å². The van der Waals surface area contributed by atoms with E-state index in [0.717, 1.165) is 28.8 Å². The maximum Gasteiger partial charge on any atom is 0.233 e. The fourth-order valence-electron chi connectivity index (χ4n) is 3.96. The lowest BCUT2D eigenvalue weighted by atomic mass is 10.1. The highest BCUT2D eigenvalue weighted by Gasteiger charge is 2.36. The van der Waals surface area contributed by atoms with Crippen LogP contribution >= 0.6 is 11.8 Å². The van der Waals surface area contributed by atoms with E-state index in [1.54, 1.807) is 4.90 Å². The smallest absolute Gasteiger partial charge is 0.233 e. The van der Waals surface area contributed by atoms with Gasteiger partial charge in [0, 0.05) is 24.6 Å². The van der Waals surface area contributed by atoms with Crippen LogP contribution in [0, 0.1) is 6.92 Å². The zero-order valence-electron chi connectivity index (χ0n) is 16.4. The van der Waals surface area contributed by atoms with Crippen molar-refractivity contribution in [2.45, 2.75) is 43.4 Å². The molecule has 1 aromatic heterocycles. The number of hydrogen-bond acceptors (Lipinski definition) is 7. The minimum Gasteiger partial charge on any atom is -0.376 e. The highest BCUT2D eigenvalue weighted by Crippen LogP contribution is 2.27. The summed E-state index contributed by atoms with van der Waals surface area (Å²) >= 11 is 1.38. The maximum atomic E-state index is 13.1. The molecular formula is C20H25N3O4S2. The summed E-state index contributed by atoms with van der Waals surface area (Å²) in [6.07, 6.45) is 2.39. The van der Waals surface area contributed by atoms with Gasteiger partial charge in [-0.2, -0.15) is 0 Å². The molecule has 3 heterocycles. The van der Waals surface area contributed by atoms with E-state index in [0.29, 0.717) is 25.4 Å². The van der Waals surface area contributed by atoms with Gasteiger partial charge < -0.3 is 9.64 Å². The first-order valence-electron chi connectivity index (χ1n) is 9.89. The summed E-state index contributed by atoms with van der Waals surface area (Å²) in [5.41, 5.74) is 0.855. The summed E-state index contributed by atoms with van der Waals surface area (Å²) in [5, 5.41) is 1.70. The Balaban J connectivity index is 1.50. The predicted molar refractivity (Wildman–Crippen MR) is 113 cm³/mol. The Morgan fingerprint density at radius 2 is 2.10 bits per heavy atom. The number of carbonyl (C=O) groups excluding carboxylic acids is 1. The largest absolute Gasteiger partial charge is 0.376 e. The van der Waals surface area contributed by atoms with Crippen LogP contribution in [0.15, 0.2) is 29.3 Å². The Kier molecular flexibility index (Phi) is 6.08. The Morgan fingerprint density at radius 3 is 2.83 bits per heavy atom. The summed E-state index contributed by atoms with van der Waals surface area (Å²) in [6, 6.07) is 7.48. The number of amides is 1. The topological polar surface area (TPSA) is 89.5 Å². The van der Waals surface area contributed by atoms with E-state index in [4.69, 9.17) is 4.74 Å². The number of benzene rings is 1. The molecule has 0 radical (unpaired) electrons. The molecule has 2 aliphatic heterocycles. The summed E-state index contributed by atoms with van der Waals surface area (Å²) in [6.45, 7) is 3.01. The van der Waals surface area contributed by atoms with Crippen molar-refractivity contribution in [2.24, 2.45) is 0 Å². The fourth-order valence-corrected chi connectivity index (χ4v) is 6.65. The maximum absolute atomic E-state index is 13.1. The Labute approximate surface area is 175 Å². The molecule has 156 valence electrons. The number of carbonyl (C=O) groups is 1. The van der Waals surface area contributed by atoms with Crippen molar-refractivity contribution in [3.8, 4) is 0 Å². The number of nitrogens with zero attached hydrogens (tertiary/aromatic N) is 3. The van der Waals surface area contributed by atoms with Gasteiger partial charge >= 0.3 is 0 Å². The first-order chi connectivity index (χ1) is 13.9. The molecule has 9 heteroatoms. The molecule has 29 heavy (non-hydrogen) atoms. The third-order valence-corrected chi connectivity index (χ3v) is 8.13. The van der Waals surface area contributed by atoms with Crippen molar-refractivity contribution < 1.29 is 17.9 Å². The molecule has 0 unspecified atom stereocenters. The van der Waals surface area contributed by atoms with E-state index < -0.39 is 9.84 Å². The van der Waals surface area contributed by atoms with Crippen molar-refractivity contribution in [1.29, 1.82) is 0 Å². The van der Waals surface area contributed by atoms with Crippen molar-refractivity contribution in [3.63, 3.8) is 0 Å². The first kappa shape index (κ1) is 20.6. The number of aromatic nitrogens is 2. The number of hydrogen-bond donors (Lipinski definition) is 0. The molecule has 0 spiro atoms. The zero-order chi connectivity index (χ0) is 20.4. The summed E-state index contributed by atoms with van der Waals surface area (Å²) in [7, 11) is -3.07. The van der Waals surface area contributed by atoms with Crippen LogP contribution in [-0.2, 0) is 19.4 Å². The van der Waals surface area contributed by atoms with Gasteiger partial charge in [-0.25, -0.2) is 18.4 Å². The molecule has 4 rings (SSSR count). The van der Waals surface area contributed by atoms with Crippen LogP contribution in [0.2, 0.25) is 0 Å². The van der Waals surface area contributed by atoms with E-state index >= 15 is 0 Å². The quantitative estimate of drug-likeness (QED) is 0.508. The van der Waals surface area contributed by atoms with E-state index in [1.807, 2.05) is 31.2 Å². The molecule has 2 aromatic rings. The van der Waals surface area contributed by atoms with Gasteiger partial charge in [0.2, 0.25) is 5.91 Å². The Bertz CT molecular complexity index is 1010. The van der Waals surface area contributed by atoms with Crippen LogP contribution in [0.4, 0.5) is 0 Å². The number of sulfone groups is 1. The van der Waals surface area contributed by atoms with Crippen molar-refractivity contribution in [1.82, 2.24) is 14.9 Å². The molecule has 7 nitrogen and oxygen atoms in total. The number of aryl methyl sites for hydroxylation is 1. The number of thioether (sulfide) groups is 1. The van der Waals surface area contributed by atoms with E-state index in [1.165, 1.54) is 11.8 Å². The van der Waals surface area contributed by atoms with Crippen LogP contribution in [0.5, 0.6) is 0 Å². The van der Waals surface area contributed by atoms with Gasteiger partial charge in [0.25, 0.3) is 0 Å². The van der Waals surface area contributed by atoms with Gasteiger partial charge in [-0.05, 0) is 32.3 Å². The minimum absolute atomic E-state index is 0.00520. The van der Waals surface area contributed by atoms with E-state index in [2.05, 4.69) is 9.97 Å². The van der Waals surface area contributed by atoms with E-state index in [9.17, 15) is 13.2 Å². The lowest BCUT2D eigenvalue weighted by Gasteiger charge is -2.30. The van der Waals surface area contributed by atoms with Gasteiger partial charge in [0.05, 0.1) is 28.9 Å². The molecule has 2 atom stereocenters. The van der Waals surface area contributed by atoms with Gasteiger partial charge in [0.1, 0.15) is 10.9 Å². The van der Waals surface area contributed by atoms with Gasteiger partial charge in [-0.3, -0.25) is 4.79 Å². The molecular weight excluding hydrogens is 410 g/mol. The van der Waals surface area contributed by atoms with Crippen molar-refractivity contribution in [3.05, 3.63) is 30.1 Å². The second kappa shape index (κ2) is 8.57. The Hall–Kier alpha value is -1.71. The third kappa shape index (κ3) is 4.90. The average molecular weight is 436 g/mol. The second-order valence-electron chi connectivity index (χ2n) is 7.62. The molecule has 0 saturated carbocycles. The van der Waals surface area contributed by atoms with Crippen LogP contribution in [0.25, 0.3) is 10.9 Å². The van der Waals surface area contributed by atoms with Crippen LogP contribution < -0.4 is 0 Å². The molecule has 2 fully saturated rings. The number of fused-ring (bicyclic) bond motifs is 1. The highest BCUT2D eigenvalue weighted by molar-refractivity contribution is 8.00. The van der Waals surface area contributed by atoms with Crippen molar-refractivity contribution >= 4 is 38.4 Å². The molecule has 2 saturated heterocycles. The standard InChI is InChI=1S/C20H25N3O4S2/c1-14-21-18-7-3-2-6-17(18)20(22-14)28-12-19(24)23(11-16-5-4-9-27-16)15-8-10-29(25,26)13-15/h2-3,6-7,15-16H,4-5,8-13H2,1H3/t15-,16-/m1/s1. The second-order valence-corrected chi connectivity index (χ2v) is 10.8. The van der Waals surface area contributed by atoms with Crippen LogP contribution in [0.1, 0.15) is 25.1 Å². The van der Waals surface area contributed by atoms with Crippen molar-refractivity contribution in [2.75, 3.05) is 30.4 Å². The molecule has 0 aliphatic carbocycles. The normalized spacial score (nSPS) is 23.5. The summed E-state index contributed by atoms with van der Waals surface area (Å²) in [4.78, 5) is 23.8. The Morgan fingerprint density at radius 1 is 1.28 bits per heavy atom. The van der Waals surface area contributed by atoms with E-state index in [-0.39, 0.29) is 35.3 Å². The number of ether oxygens (including phenoxy) is 1. The highest BCUT2D eigenvalue weighted by atomic mass is 32.2. The summed E-state index contributed by atoms with van der Waals surface area (Å²) in [5.74, 6) is 1.01. The minimum atomic E-state index is -3.07. The monoisotopic (exact) mass is 435 g/mol. The lowest BCUT2D eigenvalue weighted by Crippen LogP contribution is -2.46. The summed E-state index contributed by atoms with van der Waals surface area (Å²) < 4.78 is 29.7. The average Bonchev–Trinajstić information content (AvgIpc) is 3.32. The first-order valence-corrected chi connectivity index (χ1v) is 12.7. The zero-order valence-corrected chi connectivity index (χ0v) is 18.0. The number of rotatable bonds is 6. The molecule has 2 aliphatic rings. The molecule has 0 N–H and O–H groups in total. The fraction of sp³-hybridized carbons (Fsp3) is 0.550. The SMILES string of the molecule is Cc1nc(SCC(=O)N(C[C@H]2CCCO2)[C@@H]2CCS(=O)(=O)C2)c2ccccc2n1. The van der Waals surface area contributed by atoms with Gasteiger partial charge in [-0.1, -0.05) is 30.0 Å². The molecule has 1 aromatic carbocycles. The number of para-hydroxylation sites is 1. The molecule has 0 bridgehead atoms. The van der Waals surface area contributed by atoms with Gasteiger partial charge in [-0.15, -0.1) is 0 Å². The van der Waals surface area contributed by atoms with Gasteiger partial charge in [0.15, 0.2) is 9.84 Å².